The Labute approximate surface area is 236 Å². The van der Waals surface area contributed by atoms with Gasteiger partial charge in [-0.1, -0.05) is 34.6 Å². The Hall–Kier alpha value is -2.90. The van der Waals surface area contributed by atoms with Gasteiger partial charge in [-0.05, 0) is 48.8 Å². The highest BCUT2D eigenvalue weighted by atomic mass is 16.6. The quantitative estimate of drug-likeness (QED) is 0.352. The van der Waals surface area contributed by atoms with Crippen LogP contribution in [0.5, 0.6) is 0 Å². The van der Waals surface area contributed by atoms with E-state index in [0.717, 1.165) is 24.0 Å². The average Bonchev–Trinajstić information content (AvgIpc) is 3.43. The fourth-order valence-corrected chi connectivity index (χ4v) is 9.80. The average molecular weight is 555 g/mol. The van der Waals surface area contributed by atoms with Gasteiger partial charge in [0.2, 0.25) is 0 Å². The second kappa shape index (κ2) is 9.31. The third-order valence-corrected chi connectivity index (χ3v) is 11.4. The van der Waals surface area contributed by atoms with E-state index in [0.29, 0.717) is 12.8 Å². The smallest absolute Gasteiger partial charge is 0.302 e. The molecule has 40 heavy (non-hydrogen) atoms. The van der Waals surface area contributed by atoms with E-state index in [1.54, 1.807) is 18.6 Å². The van der Waals surface area contributed by atoms with E-state index < -0.39 is 40.0 Å². The van der Waals surface area contributed by atoms with E-state index in [1.165, 1.54) is 20.8 Å². The van der Waals surface area contributed by atoms with Gasteiger partial charge in [0.25, 0.3) is 0 Å². The summed E-state index contributed by atoms with van der Waals surface area (Å²) < 4.78 is 23.5. The van der Waals surface area contributed by atoms with Crippen molar-refractivity contribution in [3.63, 3.8) is 0 Å². The number of furan rings is 1. The highest BCUT2D eigenvalue weighted by molar-refractivity contribution is 6.00. The Morgan fingerprint density at radius 3 is 2.02 bits per heavy atom. The molecule has 8 heteroatoms. The zero-order chi connectivity index (χ0) is 29.4. The first-order valence-electron chi connectivity index (χ1n) is 14.4. The maximum Gasteiger partial charge on any atom is 0.302 e. The summed E-state index contributed by atoms with van der Waals surface area (Å²) in [6.07, 6.45) is 5.92. The molecule has 8 nitrogen and oxygen atoms in total. The van der Waals surface area contributed by atoms with Crippen molar-refractivity contribution in [2.45, 2.75) is 105 Å². The molecular formula is C32H42O8. The van der Waals surface area contributed by atoms with E-state index in [1.807, 2.05) is 6.07 Å². The van der Waals surface area contributed by atoms with Crippen LogP contribution in [0, 0.1) is 33.5 Å². The molecule has 0 saturated heterocycles. The van der Waals surface area contributed by atoms with E-state index >= 15 is 0 Å². The molecule has 0 aliphatic heterocycles. The van der Waals surface area contributed by atoms with Crippen LogP contribution in [0.25, 0.3) is 0 Å². The van der Waals surface area contributed by atoms with Crippen LogP contribution in [-0.2, 0) is 33.4 Å². The third kappa shape index (κ3) is 3.92. The highest BCUT2D eigenvalue weighted by Gasteiger charge is 2.73. The molecule has 1 heterocycles. The minimum absolute atomic E-state index is 0.0325. The normalized spacial score (nSPS) is 41.6. The Balaban J connectivity index is 1.68. The first kappa shape index (κ1) is 28.6. The van der Waals surface area contributed by atoms with Gasteiger partial charge < -0.3 is 18.6 Å². The van der Waals surface area contributed by atoms with E-state index in [4.69, 9.17) is 18.6 Å². The summed E-state index contributed by atoms with van der Waals surface area (Å²) in [6.45, 7) is 14.9. The zero-order valence-electron chi connectivity index (χ0n) is 24.9. The van der Waals surface area contributed by atoms with Crippen molar-refractivity contribution in [2.75, 3.05) is 0 Å². The number of esters is 3. The highest BCUT2D eigenvalue weighted by Crippen LogP contribution is 2.74. The molecule has 0 amide bonds. The molecule has 9 atom stereocenters. The predicted octanol–water partition coefficient (Wildman–Crippen LogP) is 5.55. The van der Waals surface area contributed by atoms with Crippen LogP contribution < -0.4 is 0 Å². The predicted molar refractivity (Wildman–Crippen MR) is 145 cm³/mol. The molecule has 5 rings (SSSR count). The van der Waals surface area contributed by atoms with E-state index in [2.05, 4.69) is 34.6 Å². The second-order valence-corrected chi connectivity index (χ2v) is 13.7. The minimum atomic E-state index is -0.680. The summed E-state index contributed by atoms with van der Waals surface area (Å²) in [5.74, 6) is -1.65. The van der Waals surface area contributed by atoms with Gasteiger partial charge in [0.05, 0.1) is 18.4 Å². The Bertz CT molecular complexity index is 1260. The largest absolute Gasteiger partial charge is 0.472 e. The van der Waals surface area contributed by atoms with Gasteiger partial charge in [-0.25, -0.2) is 0 Å². The molecule has 0 bridgehead atoms. The second-order valence-electron chi connectivity index (χ2n) is 13.7. The van der Waals surface area contributed by atoms with Gasteiger partial charge in [0.15, 0.2) is 5.78 Å². The lowest BCUT2D eigenvalue weighted by atomic mass is 9.36. The molecule has 3 fully saturated rings. The fourth-order valence-electron chi connectivity index (χ4n) is 9.80. The maximum atomic E-state index is 13.7. The molecule has 0 spiro atoms. The molecular weight excluding hydrogens is 512 g/mol. The van der Waals surface area contributed by atoms with Crippen molar-refractivity contribution < 1.29 is 37.8 Å². The van der Waals surface area contributed by atoms with Gasteiger partial charge in [0.1, 0.15) is 18.3 Å². The van der Waals surface area contributed by atoms with Gasteiger partial charge >= 0.3 is 17.9 Å². The summed E-state index contributed by atoms with van der Waals surface area (Å²) in [5, 5.41) is 0. The van der Waals surface area contributed by atoms with Crippen LogP contribution in [0.2, 0.25) is 0 Å². The summed E-state index contributed by atoms with van der Waals surface area (Å²) >= 11 is 0. The first-order valence-corrected chi connectivity index (χ1v) is 14.4. The molecule has 4 aliphatic carbocycles. The Morgan fingerprint density at radius 1 is 0.850 bits per heavy atom. The molecule has 0 N–H and O–H groups in total. The number of ketones is 1. The topological polar surface area (TPSA) is 109 Å². The number of fused-ring (bicyclic) bond motifs is 5. The fraction of sp³-hybridized carbons (Fsp3) is 0.688. The number of carbonyl (C=O) groups is 4. The zero-order valence-corrected chi connectivity index (χ0v) is 24.9. The van der Waals surface area contributed by atoms with Gasteiger partial charge in [-0.15, -0.1) is 0 Å². The lowest BCUT2D eigenvalue weighted by Crippen LogP contribution is -2.70. The van der Waals surface area contributed by atoms with E-state index in [-0.39, 0.29) is 41.4 Å². The van der Waals surface area contributed by atoms with Crippen LogP contribution in [0.4, 0.5) is 0 Å². The summed E-state index contributed by atoms with van der Waals surface area (Å²) in [5.41, 5.74) is -0.325. The van der Waals surface area contributed by atoms with Gasteiger partial charge in [0, 0.05) is 54.4 Å². The molecule has 0 radical (unpaired) electrons. The third-order valence-electron chi connectivity index (χ3n) is 11.4. The van der Waals surface area contributed by atoms with Crippen molar-refractivity contribution in [3.05, 3.63) is 35.8 Å². The maximum absolute atomic E-state index is 13.7. The number of hydrogen-bond acceptors (Lipinski definition) is 8. The number of hydrogen-bond donors (Lipinski definition) is 0. The molecule has 3 saturated carbocycles. The molecule has 1 aromatic rings. The SMILES string of the molecule is CC(=O)O[C@H]1C[C@@H](OC(C)=O)C(C)(C)[C@@H]2C[C@@H](OC(C)=O)[C@@]3(C)C4=CC(=O)[C@@H](c5ccoc5)[C@]4(C)CC[C@@H]3[C@@]12C. The summed E-state index contributed by atoms with van der Waals surface area (Å²) in [4.78, 5) is 50.8. The van der Waals surface area contributed by atoms with Crippen molar-refractivity contribution in [1.82, 2.24) is 0 Å². The van der Waals surface area contributed by atoms with Crippen molar-refractivity contribution in [3.8, 4) is 0 Å². The Kier molecular flexibility index (Phi) is 6.67. The van der Waals surface area contributed by atoms with Gasteiger partial charge in [-0.2, -0.15) is 0 Å². The van der Waals surface area contributed by atoms with Crippen LogP contribution >= 0.6 is 0 Å². The number of allylic oxidation sites excluding steroid dienone is 1. The minimum Gasteiger partial charge on any atom is -0.472 e. The molecule has 0 unspecified atom stereocenters. The van der Waals surface area contributed by atoms with Crippen molar-refractivity contribution in [2.24, 2.45) is 33.5 Å². The van der Waals surface area contributed by atoms with Gasteiger partial charge in [-0.3, -0.25) is 19.2 Å². The van der Waals surface area contributed by atoms with Crippen LogP contribution in [0.1, 0.15) is 92.6 Å². The lowest BCUT2D eigenvalue weighted by molar-refractivity contribution is -0.261. The number of carbonyl (C=O) groups excluding carboxylic acids is 4. The van der Waals surface area contributed by atoms with Crippen LogP contribution in [0.15, 0.2) is 34.7 Å². The molecule has 0 aromatic carbocycles. The standard InChI is InChI=1S/C32H42O8/c1-17(33)38-25-15-27(40-19(3)35)31(7)22-9-11-30(6)24(13-21(36)28(30)20-10-12-37-16-20)32(22,8)26(39-18(2)34)14-23(31)29(25,4)5/h10,12-13,16,22-23,25-28H,9,11,14-15H2,1-8H3/t22-,23+,25-,26-,27+,28-,30-,31-,32-/m1/s1. The van der Waals surface area contributed by atoms with Crippen LogP contribution in [0.3, 0.4) is 0 Å². The van der Waals surface area contributed by atoms with Crippen molar-refractivity contribution in [1.29, 1.82) is 0 Å². The van der Waals surface area contributed by atoms with E-state index in [9.17, 15) is 19.2 Å². The van der Waals surface area contributed by atoms with Crippen molar-refractivity contribution >= 4 is 23.7 Å². The monoisotopic (exact) mass is 554 g/mol. The lowest BCUT2D eigenvalue weighted by Gasteiger charge is -2.69. The summed E-state index contributed by atoms with van der Waals surface area (Å²) in [6, 6.07) is 1.86. The molecule has 1 aromatic heterocycles. The number of rotatable bonds is 4. The Morgan fingerprint density at radius 2 is 1.45 bits per heavy atom. The summed E-state index contributed by atoms with van der Waals surface area (Å²) in [7, 11) is 0. The first-order chi connectivity index (χ1) is 18.6. The van der Waals surface area contributed by atoms with Crippen LogP contribution in [-0.4, -0.2) is 42.0 Å². The molecule has 4 aliphatic rings. The number of ether oxygens (including phenoxy) is 3. The molecule has 218 valence electrons.